The molecule has 34 heavy (non-hydrogen) atoms. The number of amides is 1. The lowest BCUT2D eigenvalue weighted by molar-refractivity contribution is -0.725. The number of carboxylic acid groups (broad SMARTS) is 1. The lowest BCUT2D eigenvalue weighted by Gasteiger charge is -2.31. The fourth-order valence-corrected chi connectivity index (χ4v) is 4.73. The van der Waals surface area contributed by atoms with Crippen molar-refractivity contribution in [3.05, 3.63) is 29.8 Å². The molecule has 7 nitrogen and oxygen atoms in total. The van der Waals surface area contributed by atoms with Gasteiger partial charge in [-0.15, -0.1) is 0 Å². The number of carbonyl (C=O) groups is 2. The molecule has 192 valence electrons. The van der Waals surface area contributed by atoms with Gasteiger partial charge in [-0.3, -0.25) is 0 Å². The minimum Gasteiger partial charge on any atom is -0.548 e. The van der Waals surface area contributed by atoms with E-state index in [1.54, 1.807) is 32.9 Å². The van der Waals surface area contributed by atoms with Crippen molar-refractivity contribution >= 4 is 12.1 Å². The number of likely N-dealkylation sites (N-methyl/N-ethyl adjacent to an activating group) is 1. The molecule has 1 aromatic carbocycles. The van der Waals surface area contributed by atoms with Crippen LogP contribution in [0.2, 0.25) is 0 Å². The first kappa shape index (κ1) is 28.0. The second-order valence-electron chi connectivity index (χ2n) is 10.8. The summed E-state index contributed by atoms with van der Waals surface area (Å²) >= 11 is 0. The Balaban J connectivity index is 0.000000266. The molecule has 0 aliphatic heterocycles. The molecule has 3 N–H and O–H groups in total. The molecule has 1 amide bonds. The maximum Gasteiger partial charge on any atom is 0.410 e. The van der Waals surface area contributed by atoms with E-state index in [1.165, 1.54) is 83.4 Å². The van der Waals surface area contributed by atoms with Gasteiger partial charge in [0.05, 0.1) is 24.1 Å². The van der Waals surface area contributed by atoms with E-state index in [4.69, 9.17) is 4.74 Å². The summed E-state index contributed by atoms with van der Waals surface area (Å²) in [5.74, 6) is -1.28. The number of aromatic hydroxyl groups is 1. The molecule has 0 spiro atoms. The van der Waals surface area contributed by atoms with Crippen LogP contribution in [0.3, 0.4) is 0 Å². The van der Waals surface area contributed by atoms with Gasteiger partial charge in [-0.05, 0) is 96.3 Å². The van der Waals surface area contributed by atoms with Crippen LogP contribution in [0.15, 0.2) is 24.3 Å². The van der Waals surface area contributed by atoms with Gasteiger partial charge in [0.2, 0.25) is 0 Å². The number of hydrogen-bond donors (Lipinski definition) is 2. The number of ether oxygens (including phenoxy) is 1. The van der Waals surface area contributed by atoms with E-state index in [-0.39, 0.29) is 12.2 Å². The number of carbonyl (C=O) groups excluding carboxylic acids is 2. The standard InChI is InChI=1S/C15H21NO5.C12H23N/c1-15(2,3)21-14(20)16(4)12(13(18)19)9-10-5-7-11(17)8-6-10;1-3-7-11(8-4-1)13-12-9-5-2-6-10-12/h5-8,12,17H,9H2,1-4H3,(H,18,19);11-13H,1-10H2. The van der Waals surface area contributed by atoms with E-state index in [2.05, 4.69) is 5.32 Å². The highest BCUT2D eigenvalue weighted by Crippen LogP contribution is 2.19. The van der Waals surface area contributed by atoms with Crippen molar-refractivity contribution in [2.75, 3.05) is 7.05 Å². The molecular formula is C27H44N2O5. The number of aliphatic carboxylic acids is 1. The Bertz CT molecular complexity index is 731. The van der Waals surface area contributed by atoms with Gasteiger partial charge in [-0.1, -0.05) is 25.0 Å². The Morgan fingerprint density at radius 3 is 1.88 bits per heavy atom. The van der Waals surface area contributed by atoms with Gasteiger partial charge in [-0.2, -0.15) is 0 Å². The zero-order valence-electron chi connectivity index (χ0n) is 21.4. The summed E-state index contributed by atoms with van der Waals surface area (Å²) in [5.41, 5.74) is -0.0437. The van der Waals surface area contributed by atoms with Gasteiger partial charge >= 0.3 is 6.09 Å². The molecule has 0 aromatic heterocycles. The molecule has 2 aliphatic rings. The van der Waals surface area contributed by atoms with E-state index in [1.807, 2.05) is 0 Å². The average Bonchev–Trinajstić information content (AvgIpc) is 2.79. The number of quaternary nitrogens is 1. The SMILES string of the molecule is C1CCC([NH2+]C2CCCCC2)CC1.CN(C(=O)OC(C)(C)C)C(Cc1ccc(O)cc1)C(=O)[O-]. The molecule has 1 aromatic rings. The van der Waals surface area contributed by atoms with Crippen LogP contribution in [0.1, 0.15) is 90.5 Å². The molecule has 7 heteroatoms. The smallest absolute Gasteiger partial charge is 0.410 e. The molecule has 2 saturated carbocycles. The van der Waals surface area contributed by atoms with Gasteiger partial charge in [0, 0.05) is 7.05 Å². The number of nitrogens with two attached hydrogens (primary N) is 1. The van der Waals surface area contributed by atoms with E-state index in [0.717, 1.165) is 17.0 Å². The van der Waals surface area contributed by atoms with Gasteiger partial charge < -0.3 is 30.0 Å². The molecule has 1 unspecified atom stereocenters. The van der Waals surface area contributed by atoms with Crippen molar-refractivity contribution in [3.8, 4) is 5.75 Å². The first-order valence-corrected chi connectivity index (χ1v) is 12.8. The summed E-state index contributed by atoms with van der Waals surface area (Å²) in [4.78, 5) is 24.2. The Hall–Kier alpha value is -2.28. The zero-order chi connectivity index (χ0) is 25.1. The molecule has 3 rings (SSSR count). The maximum absolute atomic E-state index is 11.9. The maximum atomic E-state index is 11.9. The van der Waals surface area contributed by atoms with Crippen molar-refractivity contribution < 1.29 is 29.9 Å². The number of hydrogen-bond acceptors (Lipinski definition) is 5. The minimum atomic E-state index is -1.36. The highest BCUT2D eigenvalue weighted by Gasteiger charge is 2.26. The van der Waals surface area contributed by atoms with Crippen molar-refractivity contribution in [1.82, 2.24) is 4.90 Å². The predicted octanol–water partition coefficient (Wildman–Crippen LogP) is 3.14. The van der Waals surface area contributed by atoms with Crippen LogP contribution in [0, 0.1) is 0 Å². The number of phenolic OH excluding ortho intramolecular Hbond substituents is 1. The highest BCUT2D eigenvalue weighted by atomic mass is 16.6. The topological polar surface area (TPSA) is 107 Å². The second kappa shape index (κ2) is 13.6. The summed E-state index contributed by atoms with van der Waals surface area (Å²) in [5, 5.41) is 23.2. The summed E-state index contributed by atoms with van der Waals surface area (Å²) in [6.45, 7) is 5.10. The highest BCUT2D eigenvalue weighted by molar-refractivity contribution is 5.79. The van der Waals surface area contributed by atoms with E-state index >= 15 is 0 Å². The number of nitrogens with zero attached hydrogens (tertiary/aromatic N) is 1. The number of carboxylic acids is 1. The first-order chi connectivity index (χ1) is 16.0. The Kier molecular flexibility index (Phi) is 11.2. The van der Waals surface area contributed by atoms with Crippen LogP contribution in [-0.4, -0.2) is 52.8 Å². The average molecular weight is 477 g/mol. The summed E-state index contributed by atoms with van der Waals surface area (Å²) < 4.78 is 5.14. The van der Waals surface area contributed by atoms with Crippen molar-refractivity contribution in [3.63, 3.8) is 0 Å². The monoisotopic (exact) mass is 476 g/mol. The summed E-state index contributed by atoms with van der Waals surface area (Å²) in [6, 6.07) is 6.94. The van der Waals surface area contributed by atoms with Crippen LogP contribution in [-0.2, 0) is 16.0 Å². The quantitative estimate of drug-likeness (QED) is 0.656. The third-order valence-corrected chi connectivity index (χ3v) is 6.63. The van der Waals surface area contributed by atoms with Crippen LogP contribution < -0.4 is 10.4 Å². The van der Waals surface area contributed by atoms with Crippen LogP contribution >= 0.6 is 0 Å². The lowest BCUT2D eigenvalue weighted by Crippen LogP contribution is -2.95. The van der Waals surface area contributed by atoms with Crippen LogP contribution in [0.4, 0.5) is 4.79 Å². The molecule has 0 heterocycles. The fraction of sp³-hybridized carbons (Fsp3) is 0.704. The van der Waals surface area contributed by atoms with Gasteiger partial charge in [-0.25, -0.2) is 4.79 Å². The molecule has 0 bridgehead atoms. The molecule has 2 fully saturated rings. The Morgan fingerprint density at radius 2 is 1.47 bits per heavy atom. The molecule has 0 radical (unpaired) electrons. The van der Waals surface area contributed by atoms with E-state index < -0.39 is 23.7 Å². The number of benzene rings is 1. The molecule has 0 saturated heterocycles. The van der Waals surface area contributed by atoms with Crippen LogP contribution in [0.25, 0.3) is 0 Å². The van der Waals surface area contributed by atoms with E-state index in [9.17, 15) is 19.8 Å². The van der Waals surface area contributed by atoms with Crippen molar-refractivity contribution in [1.29, 1.82) is 0 Å². The third kappa shape index (κ3) is 10.3. The minimum absolute atomic E-state index is 0.0678. The first-order valence-electron chi connectivity index (χ1n) is 12.8. The summed E-state index contributed by atoms with van der Waals surface area (Å²) in [7, 11) is 1.36. The van der Waals surface area contributed by atoms with E-state index in [0.29, 0.717) is 5.56 Å². The fourth-order valence-electron chi connectivity index (χ4n) is 4.73. The Labute approximate surface area is 204 Å². The molecule has 2 aliphatic carbocycles. The normalized spacial score (nSPS) is 18.4. The predicted molar refractivity (Wildman–Crippen MR) is 130 cm³/mol. The third-order valence-electron chi connectivity index (χ3n) is 6.63. The second-order valence-corrected chi connectivity index (χ2v) is 10.8. The summed E-state index contributed by atoms with van der Waals surface area (Å²) in [6.07, 6.45) is 14.3. The van der Waals surface area contributed by atoms with Gasteiger partial charge in [0.1, 0.15) is 11.4 Å². The molecule has 1 atom stereocenters. The largest absolute Gasteiger partial charge is 0.548 e. The van der Waals surface area contributed by atoms with Gasteiger partial charge in [0.15, 0.2) is 0 Å². The zero-order valence-corrected chi connectivity index (χ0v) is 21.4. The van der Waals surface area contributed by atoms with Gasteiger partial charge in [0.25, 0.3) is 0 Å². The number of phenols is 1. The lowest BCUT2D eigenvalue weighted by atomic mass is 9.91. The molecular weight excluding hydrogens is 432 g/mol. The van der Waals surface area contributed by atoms with Crippen molar-refractivity contribution in [2.24, 2.45) is 0 Å². The van der Waals surface area contributed by atoms with Crippen molar-refractivity contribution in [2.45, 2.75) is 115 Å². The Morgan fingerprint density at radius 1 is 1.00 bits per heavy atom. The number of rotatable bonds is 6. The van der Waals surface area contributed by atoms with Crippen LogP contribution in [0.5, 0.6) is 5.75 Å².